The van der Waals surface area contributed by atoms with Crippen LogP contribution in [-0.4, -0.2) is 22.5 Å². The maximum atomic E-state index is 13.3. The van der Waals surface area contributed by atoms with Gasteiger partial charge in [0.05, 0.1) is 36.9 Å². The molecule has 2 aromatic carbocycles. The summed E-state index contributed by atoms with van der Waals surface area (Å²) in [6, 6.07) is 13.2. The van der Waals surface area contributed by atoms with Gasteiger partial charge in [0.1, 0.15) is 4.21 Å². The Labute approximate surface area is 201 Å². The summed E-state index contributed by atoms with van der Waals surface area (Å²) in [6.45, 7) is 3.99. The van der Waals surface area contributed by atoms with Crippen molar-refractivity contribution in [1.29, 1.82) is 0 Å². The van der Waals surface area contributed by atoms with Crippen LogP contribution in [0.3, 0.4) is 0 Å². The molecule has 1 unspecified atom stereocenters. The molecular formula is C22H23N3O4S4. The van der Waals surface area contributed by atoms with E-state index in [1.54, 1.807) is 46.7 Å². The van der Waals surface area contributed by atoms with Crippen molar-refractivity contribution in [1.82, 2.24) is 3.96 Å². The number of thiophene rings is 1. The predicted molar refractivity (Wildman–Crippen MR) is 140 cm³/mol. The van der Waals surface area contributed by atoms with Gasteiger partial charge >= 0.3 is 0 Å². The molecule has 174 valence electrons. The molecule has 0 saturated heterocycles. The van der Waals surface area contributed by atoms with Crippen molar-refractivity contribution >= 4 is 70.7 Å². The minimum atomic E-state index is -4.03. The number of nitrogens with zero attached hydrogens (tertiary/aromatic N) is 1. The lowest BCUT2D eigenvalue weighted by molar-refractivity contribution is 0.601. The predicted octanol–water partition coefficient (Wildman–Crippen LogP) is 4.69. The highest BCUT2D eigenvalue weighted by atomic mass is 32.2. The third-order valence-corrected chi connectivity index (χ3v) is 10.4. The lowest BCUT2D eigenvalue weighted by atomic mass is 10.0. The van der Waals surface area contributed by atoms with Gasteiger partial charge in [-0.05, 0) is 70.7 Å². The average molecular weight is 522 g/mol. The van der Waals surface area contributed by atoms with E-state index in [1.165, 1.54) is 23.5 Å². The number of benzene rings is 2. The number of hydrogen-bond acceptors (Lipinski definition) is 6. The zero-order valence-corrected chi connectivity index (χ0v) is 21.5. The van der Waals surface area contributed by atoms with Gasteiger partial charge in [0, 0.05) is 7.05 Å². The molecular weight excluding hydrogens is 499 g/mol. The topological polar surface area (TPSA) is 97.3 Å². The first-order valence-corrected chi connectivity index (χ1v) is 14.8. The normalized spacial score (nSPS) is 13.8. The number of rotatable bonds is 7. The lowest BCUT2D eigenvalue weighted by Gasteiger charge is -2.18. The van der Waals surface area contributed by atoms with Gasteiger partial charge in [-0.15, -0.1) is 11.3 Å². The molecule has 0 aliphatic heterocycles. The van der Waals surface area contributed by atoms with E-state index in [1.807, 2.05) is 19.9 Å². The first-order valence-electron chi connectivity index (χ1n) is 9.93. The molecule has 0 aliphatic carbocycles. The monoisotopic (exact) mass is 521 g/mol. The number of hydrogen-bond donors (Lipinski definition) is 2. The van der Waals surface area contributed by atoms with Crippen LogP contribution in [0.1, 0.15) is 25.3 Å². The fraction of sp³-hybridized carbons (Fsp3) is 0.182. The Morgan fingerprint density at radius 3 is 2.42 bits per heavy atom. The molecule has 0 radical (unpaired) electrons. The lowest BCUT2D eigenvalue weighted by Crippen LogP contribution is -2.17. The summed E-state index contributed by atoms with van der Waals surface area (Å²) in [5, 5.41) is 2.15. The van der Waals surface area contributed by atoms with Crippen LogP contribution in [0.25, 0.3) is 10.9 Å². The minimum Gasteiger partial charge on any atom is -0.307 e. The first-order chi connectivity index (χ1) is 15.5. The number of nitrogens with one attached hydrogen (secondary N) is 2. The summed E-state index contributed by atoms with van der Waals surface area (Å²) in [4.78, 5) is 12.2. The van der Waals surface area contributed by atoms with Gasteiger partial charge in [0.2, 0.25) is 0 Å². The van der Waals surface area contributed by atoms with Gasteiger partial charge in [-0.1, -0.05) is 26.0 Å². The standard InChI is InChI=1S/C22H23N3O4S4/c1-14(2)15-7-9-18(23-32(4,27)21-6-5-11-30-21)19(12-15)24-33(28,29)16-8-10-20-17(13-16)22(26)31-25(20)3/h5-14,24H,4H2,1-3H3,(H,23,27). The van der Waals surface area contributed by atoms with Gasteiger partial charge in [-0.3, -0.25) is 13.5 Å². The molecule has 0 fully saturated rings. The van der Waals surface area contributed by atoms with Crippen molar-refractivity contribution in [2.45, 2.75) is 28.9 Å². The van der Waals surface area contributed by atoms with Crippen molar-refractivity contribution in [2.24, 2.45) is 7.05 Å². The van der Waals surface area contributed by atoms with Crippen molar-refractivity contribution in [2.75, 3.05) is 9.44 Å². The first kappa shape index (κ1) is 23.6. The zero-order chi connectivity index (χ0) is 24.0. The summed E-state index contributed by atoms with van der Waals surface area (Å²) in [7, 11) is -5.17. The van der Waals surface area contributed by atoms with Crippen LogP contribution in [0.5, 0.6) is 0 Å². The van der Waals surface area contributed by atoms with Gasteiger partial charge < -0.3 is 4.72 Å². The SMILES string of the molecule is C=S(=O)(Nc1ccc(C(C)C)cc1NS(=O)(=O)c1ccc2c(c1)c(=O)sn2C)c1cccs1. The van der Waals surface area contributed by atoms with E-state index in [-0.39, 0.29) is 21.2 Å². The van der Waals surface area contributed by atoms with Crippen molar-refractivity contribution in [3.8, 4) is 0 Å². The second-order valence-corrected chi connectivity index (χ2v) is 13.8. The maximum absolute atomic E-state index is 13.3. The quantitative estimate of drug-likeness (QED) is 0.345. The molecule has 33 heavy (non-hydrogen) atoms. The van der Waals surface area contributed by atoms with Gasteiger partial charge in [0.25, 0.3) is 14.8 Å². The van der Waals surface area contributed by atoms with Crippen LogP contribution < -0.4 is 14.2 Å². The average Bonchev–Trinajstić information content (AvgIpc) is 3.38. The molecule has 2 aromatic heterocycles. The van der Waals surface area contributed by atoms with Crippen LogP contribution >= 0.6 is 22.9 Å². The fourth-order valence-electron chi connectivity index (χ4n) is 3.32. The number of aryl methyl sites for hydroxylation is 1. The Kier molecular flexibility index (Phi) is 6.16. The summed E-state index contributed by atoms with van der Waals surface area (Å²) >= 11 is 2.32. The fourth-order valence-corrected chi connectivity index (χ4v) is 7.48. The molecule has 4 aromatic rings. The third-order valence-electron chi connectivity index (χ3n) is 5.11. The van der Waals surface area contributed by atoms with Crippen molar-refractivity contribution in [3.63, 3.8) is 0 Å². The highest BCUT2D eigenvalue weighted by Crippen LogP contribution is 2.32. The highest BCUT2D eigenvalue weighted by Gasteiger charge is 2.20. The zero-order valence-electron chi connectivity index (χ0n) is 18.2. The van der Waals surface area contributed by atoms with E-state index in [0.29, 0.717) is 20.8 Å². The van der Waals surface area contributed by atoms with Gasteiger partial charge in [0.15, 0.2) is 0 Å². The van der Waals surface area contributed by atoms with Crippen LogP contribution in [0.15, 0.2) is 67.8 Å². The Morgan fingerprint density at radius 1 is 1.00 bits per heavy atom. The molecule has 2 heterocycles. The summed E-state index contributed by atoms with van der Waals surface area (Å²) in [5.74, 6) is 3.97. The smallest absolute Gasteiger partial charge is 0.261 e. The maximum Gasteiger partial charge on any atom is 0.261 e. The number of anilines is 2. The minimum absolute atomic E-state index is 0.0278. The van der Waals surface area contributed by atoms with Crippen LogP contribution in [-0.2, 0) is 26.8 Å². The van der Waals surface area contributed by atoms with Crippen LogP contribution in [0.2, 0.25) is 0 Å². The van der Waals surface area contributed by atoms with E-state index < -0.39 is 19.7 Å². The van der Waals surface area contributed by atoms with Gasteiger partial charge in [-0.2, -0.15) is 0 Å². The Hall–Kier alpha value is -2.60. The second kappa shape index (κ2) is 8.64. The summed E-state index contributed by atoms with van der Waals surface area (Å²) in [5.41, 5.74) is 2.18. The van der Waals surface area contributed by atoms with E-state index in [9.17, 15) is 17.4 Å². The molecule has 0 amide bonds. The van der Waals surface area contributed by atoms with Crippen molar-refractivity contribution in [3.05, 3.63) is 69.0 Å². The second-order valence-electron chi connectivity index (χ2n) is 7.83. The molecule has 2 N–H and O–H groups in total. The van der Waals surface area contributed by atoms with E-state index >= 15 is 0 Å². The molecule has 0 aliphatic rings. The number of sulfonamides is 1. The Morgan fingerprint density at radius 2 is 1.76 bits per heavy atom. The molecule has 4 rings (SSSR count). The molecule has 0 spiro atoms. The summed E-state index contributed by atoms with van der Waals surface area (Å²) < 4.78 is 47.3. The highest BCUT2D eigenvalue weighted by molar-refractivity contribution is 8.03. The Bertz CT molecular complexity index is 1600. The van der Waals surface area contributed by atoms with E-state index in [0.717, 1.165) is 17.1 Å². The molecule has 0 saturated carbocycles. The van der Waals surface area contributed by atoms with E-state index in [4.69, 9.17) is 0 Å². The molecule has 0 bridgehead atoms. The van der Waals surface area contributed by atoms with Gasteiger partial charge in [-0.25, -0.2) is 12.6 Å². The molecule has 1 atom stereocenters. The third kappa shape index (κ3) is 4.72. The van der Waals surface area contributed by atoms with Crippen LogP contribution in [0, 0.1) is 0 Å². The number of aromatic nitrogens is 1. The largest absolute Gasteiger partial charge is 0.307 e. The van der Waals surface area contributed by atoms with Crippen LogP contribution in [0.4, 0.5) is 11.4 Å². The van der Waals surface area contributed by atoms with Crippen molar-refractivity contribution < 1.29 is 12.6 Å². The molecule has 11 heteroatoms. The Balaban J connectivity index is 1.76. The molecule has 7 nitrogen and oxygen atoms in total. The summed E-state index contributed by atoms with van der Waals surface area (Å²) in [6.07, 6.45) is 0. The number of fused-ring (bicyclic) bond motifs is 1. The van der Waals surface area contributed by atoms with E-state index in [2.05, 4.69) is 15.3 Å².